The highest BCUT2D eigenvalue weighted by Crippen LogP contribution is 2.43. The monoisotopic (exact) mass is 697 g/mol. The van der Waals surface area contributed by atoms with E-state index in [9.17, 15) is 41.4 Å². The number of hydrogen-bond donors (Lipinski definition) is 2. The summed E-state index contributed by atoms with van der Waals surface area (Å²) in [7, 11) is 0. The molecule has 2 saturated heterocycles. The van der Waals surface area contributed by atoms with Crippen molar-refractivity contribution in [2.45, 2.75) is 45.3 Å². The van der Waals surface area contributed by atoms with Crippen LogP contribution in [-0.4, -0.2) is 111 Å². The number of nitrogens with zero attached hydrogens (tertiary/aromatic N) is 8. The first-order chi connectivity index (χ1) is 23.1. The van der Waals surface area contributed by atoms with E-state index in [2.05, 4.69) is 27.0 Å². The van der Waals surface area contributed by atoms with Gasteiger partial charge in [-0.25, -0.2) is 4.98 Å². The topological polar surface area (TPSA) is 150 Å². The molecule has 2 amide bonds. The third-order valence-electron chi connectivity index (χ3n) is 8.48. The Hall–Kier alpha value is -4.81. The number of amides is 2. The lowest BCUT2D eigenvalue weighted by molar-refractivity contribution is -0.300. The van der Waals surface area contributed by atoms with Crippen LogP contribution in [0.25, 0.3) is 5.78 Å². The van der Waals surface area contributed by atoms with Crippen molar-refractivity contribution in [3.8, 4) is 5.75 Å². The Bertz CT molecular complexity index is 1780. The van der Waals surface area contributed by atoms with Crippen LogP contribution in [-0.2, 0) is 22.5 Å². The average Bonchev–Trinajstić information content (AvgIpc) is 3.52. The molecule has 2 N–H and O–H groups in total. The van der Waals surface area contributed by atoms with Gasteiger partial charge in [0.05, 0.1) is 18.9 Å². The van der Waals surface area contributed by atoms with E-state index in [1.165, 1.54) is 27.8 Å². The minimum absolute atomic E-state index is 0.0178. The first kappa shape index (κ1) is 35.5. The molecule has 49 heavy (non-hydrogen) atoms. The molecule has 0 spiro atoms. The summed E-state index contributed by atoms with van der Waals surface area (Å²) in [4.78, 5) is 54.0. The second-order valence-electron chi connectivity index (χ2n) is 11.8. The van der Waals surface area contributed by atoms with Gasteiger partial charge in [0, 0.05) is 57.1 Å². The van der Waals surface area contributed by atoms with Gasteiger partial charge in [0.2, 0.25) is 17.6 Å². The fraction of sp³-hybridized carbons (Fsp3) is 0.533. The summed E-state index contributed by atoms with van der Waals surface area (Å²) >= 11 is 0. The number of carbonyl (C=O) groups is 2. The highest BCUT2D eigenvalue weighted by molar-refractivity contribution is 5.95. The van der Waals surface area contributed by atoms with Crippen molar-refractivity contribution >= 4 is 29.2 Å². The Morgan fingerprint density at radius 2 is 1.76 bits per heavy atom. The number of pyridine rings is 1. The van der Waals surface area contributed by atoms with Crippen LogP contribution >= 0.6 is 0 Å². The number of aromatic nitrogens is 5. The summed E-state index contributed by atoms with van der Waals surface area (Å²) in [6.45, 7) is 7.91. The number of ether oxygens (including phenoxy) is 1. The molecule has 3 aromatic heterocycles. The van der Waals surface area contributed by atoms with Crippen molar-refractivity contribution in [3.63, 3.8) is 0 Å². The molecule has 266 valence electrons. The van der Waals surface area contributed by atoms with Crippen molar-refractivity contribution in [1.82, 2.24) is 34.4 Å². The molecule has 0 aromatic carbocycles. The Balaban J connectivity index is 1.45. The zero-order valence-corrected chi connectivity index (χ0v) is 26.8. The van der Waals surface area contributed by atoms with Gasteiger partial charge in [0.1, 0.15) is 18.0 Å². The van der Waals surface area contributed by atoms with E-state index in [0.717, 1.165) is 4.52 Å². The Kier molecular flexibility index (Phi) is 10.1. The second-order valence-corrected chi connectivity index (χ2v) is 11.8. The van der Waals surface area contributed by atoms with E-state index in [-0.39, 0.29) is 67.2 Å². The fourth-order valence-corrected chi connectivity index (χ4v) is 5.87. The van der Waals surface area contributed by atoms with Crippen LogP contribution in [0.1, 0.15) is 36.5 Å². The van der Waals surface area contributed by atoms with Crippen LogP contribution in [0.2, 0.25) is 0 Å². The number of halogens is 5. The first-order valence-electron chi connectivity index (χ1n) is 15.6. The van der Waals surface area contributed by atoms with Gasteiger partial charge < -0.3 is 34.4 Å². The third kappa shape index (κ3) is 7.16. The van der Waals surface area contributed by atoms with Gasteiger partial charge in [0.25, 0.3) is 11.5 Å². The van der Waals surface area contributed by atoms with E-state index in [1.54, 1.807) is 11.8 Å². The third-order valence-corrected chi connectivity index (χ3v) is 8.48. The highest BCUT2D eigenvalue weighted by Gasteiger charge is 2.60. The number of alkyl halides is 5. The number of allylic oxidation sites excluding steroid dienone is 1. The van der Waals surface area contributed by atoms with Crippen molar-refractivity contribution in [2.75, 3.05) is 62.3 Å². The standard InChI is InChI=1S/C30H36F5N9O5/c1-4-20-24(40-8-10-41(11-9-40)25(47)23-21(45)6-5-7-36-23)26(48)44-28(38-27(39-44)42-12-14-49-15-13-42)43(20)17-22(46)37-19(3)16-18(2)29(31,32)30(33,34)35/h5-7,18,45H,3-4,8-17H2,1-2H3,(H,37,46). The number of piperazine rings is 1. The lowest BCUT2D eigenvalue weighted by Crippen LogP contribution is -2.51. The van der Waals surface area contributed by atoms with E-state index in [1.807, 2.05) is 4.90 Å². The zero-order chi connectivity index (χ0) is 35.7. The molecule has 19 heteroatoms. The molecule has 2 aliphatic rings. The average molecular weight is 698 g/mol. The largest absolute Gasteiger partial charge is 0.505 e. The van der Waals surface area contributed by atoms with E-state index in [0.29, 0.717) is 38.9 Å². The van der Waals surface area contributed by atoms with E-state index < -0.39 is 48.4 Å². The molecule has 0 bridgehead atoms. The molecule has 5 heterocycles. The molecule has 0 saturated carbocycles. The number of rotatable bonds is 10. The number of morpholine rings is 1. The van der Waals surface area contributed by atoms with Crippen molar-refractivity contribution in [2.24, 2.45) is 5.92 Å². The molecule has 1 unspecified atom stereocenters. The van der Waals surface area contributed by atoms with Crippen molar-refractivity contribution in [1.29, 1.82) is 0 Å². The molecule has 5 rings (SSSR count). The molecule has 0 aliphatic carbocycles. The van der Waals surface area contributed by atoms with Gasteiger partial charge in [-0.15, -0.1) is 5.10 Å². The Labute approximate surface area is 276 Å². The molecule has 2 fully saturated rings. The summed E-state index contributed by atoms with van der Waals surface area (Å²) in [5.41, 5.74) is -0.377. The summed E-state index contributed by atoms with van der Waals surface area (Å²) in [5.74, 6) is -8.50. The maximum absolute atomic E-state index is 14.1. The van der Waals surface area contributed by atoms with Crippen LogP contribution < -0.4 is 20.7 Å². The molecule has 2 aliphatic heterocycles. The molecular weight excluding hydrogens is 661 g/mol. The molecule has 14 nitrogen and oxygen atoms in total. The number of nitrogens with one attached hydrogen (secondary N) is 1. The van der Waals surface area contributed by atoms with Gasteiger partial charge in [-0.3, -0.25) is 14.4 Å². The Morgan fingerprint density at radius 3 is 2.37 bits per heavy atom. The van der Waals surface area contributed by atoms with E-state index >= 15 is 0 Å². The fourth-order valence-electron chi connectivity index (χ4n) is 5.87. The van der Waals surface area contributed by atoms with Gasteiger partial charge in [-0.1, -0.05) is 20.4 Å². The maximum Gasteiger partial charge on any atom is 0.453 e. The number of anilines is 2. The predicted octanol–water partition coefficient (Wildman–Crippen LogP) is 2.21. The number of carbonyl (C=O) groups excluding carboxylic acids is 2. The minimum atomic E-state index is -5.77. The summed E-state index contributed by atoms with van der Waals surface area (Å²) in [6, 6.07) is 2.85. The summed E-state index contributed by atoms with van der Waals surface area (Å²) < 4.78 is 74.2. The first-order valence-corrected chi connectivity index (χ1v) is 15.6. The normalized spacial score (nSPS) is 16.6. The van der Waals surface area contributed by atoms with E-state index in [4.69, 9.17) is 4.74 Å². The quantitative estimate of drug-likeness (QED) is 0.302. The lowest BCUT2D eigenvalue weighted by Gasteiger charge is -2.36. The minimum Gasteiger partial charge on any atom is -0.505 e. The zero-order valence-electron chi connectivity index (χ0n) is 26.8. The van der Waals surface area contributed by atoms with Crippen LogP contribution in [0, 0.1) is 5.92 Å². The highest BCUT2D eigenvalue weighted by atomic mass is 19.4. The molecule has 0 radical (unpaired) electrons. The van der Waals surface area contributed by atoms with Crippen molar-refractivity contribution in [3.05, 3.63) is 52.3 Å². The van der Waals surface area contributed by atoms with Crippen molar-refractivity contribution < 1.29 is 41.4 Å². The summed E-state index contributed by atoms with van der Waals surface area (Å²) in [6.07, 6.45) is -4.99. The molecular formula is C30H36F5N9O5. The van der Waals surface area contributed by atoms with Gasteiger partial charge in [0.15, 0.2) is 5.69 Å². The second kappa shape index (κ2) is 14.0. The number of hydrogen-bond acceptors (Lipinski definition) is 10. The van der Waals surface area contributed by atoms with Crippen LogP contribution in [0.5, 0.6) is 5.75 Å². The maximum atomic E-state index is 14.1. The van der Waals surface area contributed by atoms with Gasteiger partial charge in [-0.2, -0.15) is 31.5 Å². The van der Waals surface area contributed by atoms with Gasteiger partial charge >= 0.3 is 12.1 Å². The number of fused-ring (bicyclic) bond motifs is 1. The van der Waals surface area contributed by atoms with Crippen LogP contribution in [0.3, 0.4) is 0 Å². The predicted molar refractivity (Wildman–Crippen MR) is 166 cm³/mol. The SMILES string of the molecule is C=C(CC(C)C(F)(F)C(F)(F)F)NC(=O)Cn1c(CC)c(N2CCN(C(=O)c3ncccc3O)CC2)c(=O)n2nc(N3CCOCC3)nc12. The smallest absolute Gasteiger partial charge is 0.453 e. The van der Waals surface area contributed by atoms with Gasteiger partial charge in [-0.05, 0) is 25.0 Å². The van der Waals surface area contributed by atoms with Crippen LogP contribution in [0.15, 0.2) is 35.4 Å². The lowest BCUT2D eigenvalue weighted by atomic mass is 9.98. The van der Waals surface area contributed by atoms with Crippen LogP contribution in [0.4, 0.5) is 33.6 Å². The summed E-state index contributed by atoms with van der Waals surface area (Å²) in [5, 5.41) is 16.9. The number of aromatic hydroxyl groups is 1. The molecule has 3 aromatic rings. The Morgan fingerprint density at radius 1 is 1.08 bits per heavy atom. The molecule has 1 atom stereocenters.